The highest BCUT2D eigenvalue weighted by molar-refractivity contribution is 6.99. The number of allylic oxidation sites excluding steroid dienone is 1. The van der Waals surface area contributed by atoms with E-state index in [1.807, 2.05) is 13.8 Å². The molecule has 5 aliphatic rings. The molecule has 0 unspecified atom stereocenters. The molecule has 476 valence electrons. The Labute approximate surface area is 536 Å². The summed E-state index contributed by atoms with van der Waals surface area (Å²) in [4.78, 5) is 85.2. The lowest BCUT2D eigenvalue weighted by atomic mass is 9.47. The lowest BCUT2D eigenvalue weighted by Gasteiger charge is -2.58. The van der Waals surface area contributed by atoms with Crippen LogP contribution in [0.4, 0.5) is 0 Å². The van der Waals surface area contributed by atoms with Crippen LogP contribution in [0.3, 0.4) is 0 Å². The summed E-state index contributed by atoms with van der Waals surface area (Å²) in [6.07, 6.45) is 1.92. The molecule has 0 N–H and O–H groups in total. The van der Waals surface area contributed by atoms with Crippen LogP contribution in [0.2, 0.25) is 5.04 Å². The van der Waals surface area contributed by atoms with Gasteiger partial charge < -0.3 is 32.8 Å². The quantitative estimate of drug-likeness (QED) is 0.0289. The minimum Gasteiger partial charge on any atom is -0.459 e. The molecule has 0 radical (unpaired) electrons. The fraction of sp³-hybridized carbons (Fsp3) is 0.429. The maximum atomic E-state index is 14.6. The van der Waals surface area contributed by atoms with Crippen LogP contribution < -0.4 is 10.4 Å². The standard InChI is InChI=1S/C77H86O13Si/c1-50(38-41-63(78)51(2)66-64(79)47-62-60-40-39-56-46-57(42-44-76(56,6)61(60)43-45-77(62,66)7)90-91(75(3,4)5,58-34-22-12-23-35-58)59-36-24-13-25-37-59)48-85-74-69(89-73(83)55-32-20-11-21-33-55)68(88-72(82)54-30-18-10-19-31-54)67(87-71(81)53-28-16-9-17-29-53)65(86-74)49-84-70(80)52-26-14-8-15-27-52/h8-37,39,50-51,57,60-62,65-69,74H,38,40-49H2,1-7H3/t50-,51-,57+,60-,61+,62+,65-,66+,67-,68+,69-,74-,76+,77+/m1/s1. The van der Waals surface area contributed by atoms with E-state index in [-0.39, 0.29) is 80.7 Å². The summed E-state index contributed by atoms with van der Waals surface area (Å²) in [7, 11) is -2.76. The van der Waals surface area contributed by atoms with E-state index in [1.165, 1.54) is 15.9 Å². The van der Waals surface area contributed by atoms with E-state index in [0.717, 1.165) is 38.5 Å². The molecule has 3 saturated carbocycles. The Morgan fingerprint density at radius 2 is 1.08 bits per heavy atom. The molecule has 14 atom stereocenters. The van der Waals surface area contributed by atoms with Gasteiger partial charge in [-0.3, -0.25) is 9.59 Å². The van der Waals surface area contributed by atoms with E-state index in [1.54, 1.807) is 121 Å². The Balaban J connectivity index is 0.787. The molecule has 1 saturated heterocycles. The number of benzene rings is 6. The summed E-state index contributed by atoms with van der Waals surface area (Å²) in [6, 6.07) is 54.8. The number of esters is 4. The lowest BCUT2D eigenvalue weighted by molar-refractivity contribution is -0.300. The van der Waals surface area contributed by atoms with Gasteiger partial charge in [0.1, 0.15) is 24.3 Å². The van der Waals surface area contributed by atoms with Crippen molar-refractivity contribution in [1.29, 1.82) is 0 Å². The molecular weight excluding hydrogens is 1160 g/mol. The largest absolute Gasteiger partial charge is 0.459 e. The minimum absolute atomic E-state index is 0.00305. The Kier molecular flexibility index (Phi) is 19.7. The zero-order chi connectivity index (χ0) is 64.1. The minimum atomic E-state index is -2.76. The third-order valence-electron chi connectivity index (χ3n) is 20.9. The highest BCUT2D eigenvalue weighted by Gasteiger charge is 2.63. The molecule has 4 aliphatic carbocycles. The zero-order valence-corrected chi connectivity index (χ0v) is 54.4. The van der Waals surface area contributed by atoms with Crippen LogP contribution in [0.5, 0.6) is 0 Å². The summed E-state index contributed by atoms with van der Waals surface area (Å²) in [6.45, 7) is 15.2. The molecule has 4 fully saturated rings. The predicted octanol–water partition coefficient (Wildman–Crippen LogP) is 13.6. The van der Waals surface area contributed by atoms with Crippen molar-refractivity contribution in [2.45, 2.75) is 148 Å². The molecule has 1 aliphatic heterocycles. The van der Waals surface area contributed by atoms with Gasteiger partial charge in [0, 0.05) is 30.8 Å². The van der Waals surface area contributed by atoms with Crippen LogP contribution in [0.15, 0.2) is 194 Å². The van der Waals surface area contributed by atoms with Gasteiger partial charge in [-0.2, -0.15) is 0 Å². The molecule has 0 spiro atoms. The fourth-order valence-electron chi connectivity index (χ4n) is 16.2. The van der Waals surface area contributed by atoms with Gasteiger partial charge in [0.25, 0.3) is 8.32 Å². The van der Waals surface area contributed by atoms with Gasteiger partial charge in [-0.05, 0) is 143 Å². The molecule has 0 aromatic heterocycles. The first-order valence-electron chi connectivity index (χ1n) is 32.6. The Morgan fingerprint density at radius 1 is 0.593 bits per heavy atom. The van der Waals surface area contributed by atoms with Crippen LogP contribution in [0.1, 0.15) is 148 Å². The Hall–Kier alpha value is -7.62. The Bertz CT molecular complexity index is 3500. The Morgan fingerprint density at radius 3 is 1.59 bits per heavy atom. The number of carbonyl (C=O) groups excluding carboxylic acids is 6. The van der Waals surface area contributed by atoms with E-state index in [0.29, 0.717) is 24.7 Å². The van der Waals surface area contributed by atoms with Crippen molar-refractivity contribution in [3.05, 3.63) is 216 Å². The van der Waals surface area contributed by atoms with Crippen molar-refractivity contribution in [1.82, 2.24) is 0 Å². The highest BCUT2D eigenvalue weighted by atomic mass is 28.4. The molecule has 6 aromatic rings. The van der Waals surface area contributed by atoms with Gasteiger partial charge in [0.2, 0.25) is 0 Å². The van der Waals surface area contributed by atoms with Gasteiger partial charge in [-0.25, -0.2) is 19.2 Å². The first-order valence-corrected chi connectivity index (χ1v) is 34.5. The molecule has 0 bridgehead atoms. The molecule has 11 rings (SSSR count). The molecule has 6 aromatic carbocycles. The van der Waals surface area contributed by atoms with Gasteiger partial charge in [0.15, 0.2) is 24.6 Å². The highest BCUT2D eigenvalue weighted by Crippen LogP contribution is 2.67. The van der Waals surface area contributed by atoms with Gasteiger partial charge >= 0.3 is 23.9 Å². The van der Waals surface area contributed by atoms with Crippen molar-refractivity contribution >= 4 is 54.1 Å². The third kappa shape index (κ3) is 13.5. The maximum absolute atomic E-state index is 14.6. The van der Waals surface area contributed by atoms with E-state index in [2.05, 4.69) is 101 Å². The molecule has 91 heavy (non-hydrogen) atoms. The molecule has 1 heterocycles. The second-order valence-corrected chi connectivity index (χ2v) is 31.8. The van der Waals surface area contributed by atoms with Crippen molar-refractivity contribution in [2.75, 3.05) is 13.2 Å². The van der Waals surface area contributed by atoms with Gasteiger partial charge in [-0.1, -0.05) is 194 Å². The average Bonchev–Trinajstić information content (AvgIpc) is 1.69. The molecule has 13 nitrogen and oxygen atoms in total. The number of hydrogen-bond acceptors (Lipinski definition) is 13. The maximum Gasteiger partial charge on any atom is 0.338 e. The number of ether oxygens (including phenoxy) is 6. The summed E-state index contributed by atoms with van der Waals surface area (Å²) < 4.78 is 45.5. The second-order valence-electron chi connectivity index (χ2n) is 27.5. The van der Waals surface area contributed by atoms with Crippen LogP contribution in [-0.2, 0) is 42.4 Å². The number of carbonyl (C=O) groups is 6. The fourth-order valence-corrected chi connectivity index (χ4v) is 20.9. The zero-order valence-electron chi connectivity index (χ0n) is 53.4. The van der Waals surface area contributed by atoms with E-state index in [9.17, 15) is 28.8 Å². The van der Waals surface area contributed by atoms with Crippen molar-refractivity contribution in [3.63, 3.8) is 0 Å². The normalized spacial score (nSPS) is 27.7. The van der Waals surface area contributed by atoms with E-state index in [4.69, 9.17) is 32.8 Å². The summed E-state index contributed by atoms with van der Waals surface area (Å²) >= 11 is 0. The first kappa shape index (κ1) is 64.9. The first-order chi connectivity index (χ1) is 43.8. The SMILES string of the molecule is C[C@H](CCC(=O)[C@@H](C)[C@H]1C(=O)C[C@H]2[C@@H]3CC=C4C[C@@H](O[Si](c5ccccc5)(c5ccccc5)C(C)(C)C)CC[C@]4(C)[C@H]3CC[C@]12C)CO[C@@H]1O[C@H](COC(=O)c2ccccc2)[C@@H](OC(=O)c2ccccc2)[C@H](OC(=O)c2ccccc2)[C@H]1OC(=O)c1ccccc1. The third-order valence-corrected chi connectivity index (χ3v) is 26.0. The van der Waals surface area contributed by atoms with E-state index >= 15 is 0 Å². The summed E-state index contributed by atoms with van der Waals surface area (Å²) in [5.74, 6) is -3.13. The number of ketones is 2. The lowest BCUT2D eigenvalue weighted by Crippen LogP contribution is -2.68. The molecule has 14 heteroatoms. The van der Waals surface area contributed by atoms with Crippen molar-refractivity contribution in [2.24, 2.45) is 46.3 Å². The van der Waals surface area contributed by atoms with Crippen molar-refractivity contribution < 1.29 is 61.6 Å². The van der Waals surface area contributed by atoms with Gasteiger partial charge in [0.05, 0.1) is 28.9 Å². The average molecular weight is 1250 g/mol. The predicted molar refractivity (Wildman–Crippen MR) is 349 cm³/mol. The van der Waals surface area contributed by atoms with Crippen molar-refractivity contribution in [3.8, 4) is 0 Å². The topological polar surface area (TPSA) is 167 Å². The summed E-state index contributed by atoms with van der Waals surface area (Å²) in [5, 5.41) is 2.47. The van der Waals surface area contributed by atoms with E-state index < -0.39 is 81.3 Å². The smallest absolute Gasteiger partial charge is 0.338 e. The number of fused-ring (bicyclic) bond motifs is 5. The monoisotopic (exact) mass is 1250 g/mol. The van der Waals surface area contributed by atoms with Crippen LogP contribution in [0.25, 0.3) is 0 Å². The van der Waals surface area contributed by atoms with Gasteiger partial charge in [-0.15, -0.1) is 0 Å². The second kappa shape index (κ2) is 27.7. The number of rotatable bonds is 21. The summed E-state index contributed by atoms with van der Waals surface area (Å²) in [5.41, 5.74) is 1.96. The number of hydrogen-bond donors (Lipinski definition) is 0. The van der Waals surface area contributed by atoms with Crippen LogP contribution in [0, 0.1) is 46.3 Å². The van der Waals surface area contributed by atoms with Crippen LogP contribution >= 0.6 is 0 Å². The van der Waals surface area contributed by atoms with Crippen LogP contribution in [-0.4, -0.2) is 93.8 Å². The molecular formula is C77H86O13Si. The number of Topliss-reactive ketones (excluding diaryl/α,β-unsaturated/α-hetero) is 2. The molecule has 0 amide bonds.